The average Bonchev–Trinajstić information content (AvgIpc) is 2.06. The van der Waals surface area contributed by atoms with E-state index in [4.69, 9.17) is 0 Å². The van der Waals surface area contributed by atoms with Gasteiger partial charge in [0.2, 0.25) is 6.29 Å². The molecule has 0 fully saturated rings. The molecule has 0 aliphatic rings. The van der Waals surface area contributed by atoms with Crippen molar-refractivity contribution in [3.8, 4) is 0 Å². The number of benzene rings is 1. The van der Waals surface area contributed by atoms with Crippen LogP contribution in [0.5, 0.6) is 0 Å². The molecule has 0 aliphatic carbocycles. The zero-order valence-electron chi connectivity index (χ0n) is 6.42. The van der Waals surface area contributed by atoms with E-state index < -0.39 is 0 Å². The molecule has 1 radical (unpaired) electrons. The molecule has 11 heavy (non-hydrogen) atoms. The van der Waals surface area contributed by atoms with Gasteiger partial charge in [0, 0.05) is 12.1 Å². The maximum absolute atomic E-state index is 10.2. The summed E-state index contributed by atoms with van der Waals surface area (Å²) in [5, 5.41) is 3.01. The van der Waals surface area contributed by atoms with Crippen LogP contribution in [-0.4, -0.2) is 13.3 Å². The molecule has 0 bridgehead atoms. The van der Waals surface area contributed by atoms with Crippen LogP contribution in [0, 0.1) is 0 Å². The fourth-order valence-corrected chi connectivity index (χ4v) is 0.949. The Morgan fingerprint density at radius 2 is 2.36 bits per heavy atom. The van der Waals surface area contributed by atoms with Crippen molar-refractivity contribution in [2.24, 2.45) is 0 Å². The third-order valence-electron chi connectivity index (χ3n) is 1.43. The molecule has 0 amide bonds. The maximum atomic E-state index is 10.2. The van der Waals surface area contributed by atoms with E-state index in [1.54, 1.807) is 6.07 Å². The Kier molecular flexibility index (Phi) is 2.81. The molecule has 0 aromatic heterocycles. The van der Waals surface area contributed by atoms with Crippen molar-refractivity contribution in [1.29, 1.82) is 0 Å². The third-order valence-corrected chi connectivity index (χ3v) is 1.43. The lowest BCUT2D eigenvalue weighted by Gasteiger charge is -1.98. The third kappa shape index (κ3) is 2.16. The lowest BCUT2D eigenvalue weighted by Crippen LogP contribution is -2.04. The first-order valence-electron chi connectivity index (χ1n) is 3.48. The minimum Gasteiger partial charge on any atom is -0.316 e. The minimum atomic E-state index is 0.609. The van der Waals surface area contributed by atoms with Crippen LogP contribution in [0.25, 0.3) is 0 Å². The van der Waals surface area contributed by atoms with Crippen molar-refractivity contribution in [3.05, 3.63) is 35.4 Å². The second-order valence-electron chi connectivity index (χ2n) is 2.33. The van der Waals surface area contributed by atoms with Crippen LogP contribution in [-0.2, 0) is 11.3 Å². The summed E-state index contributed by atoms with van der Waals surface area (Å²) >= 11 is 0. The average molecular weight is 148 g/mol. The van der Waals surface area contributed by atoms with Gasteiger partial charge >= 0.3 is 0 Å². The first-order valence-corrected chi connectivity index (χ1v) is 3.48. The Morgan fingerprint density at radius 3 is 3.00 bits per heavy atom. The highest BCUT2D eigenvalue weighted by Gasteiger charge is 1.92. The molecule has 1 aromatic carbocycles. The van der Waals surface area contributed by atoms with Crippen molar-refractivity contribution in [1.82, 2.24) is 5.32 Å². The predicted molar refractivity (Wildman–Crippen MR) is 44.0 cm³/mol. The topological polar surface area (TPSA) is 29.1 Å². The molecular weight excluding hydrogens is 138 g/mol. The van der Waals surface area contributed by atoms with Gasteiger partial charge < -0.3 is 5.32 Å². The molecule has 0 saturated carbocycles. The summed E-state index contributed by atoms with van der Waals surface area (Å²) < 4.78 is 0. The summed E-state index contributed by atoms with van der Waals surface area (Å²) in [5.41, 5.74) is 1.71. The fourth-order valence-electron chi connectivity index (χ4n) is 0.949. The number of rotatable bonds is 3. The monoisotopic (exact) mass is 148 g/mol. The normalized spacial score (nSPS) is 9.55. The van der Waals surface area contributed by atoms with E-state index in [2.05, 4.69) is 5.32 Å². The van der Waals surface area contributed by atoms with Crippen LogP contribution in [0.15, 0.2) is 24.3 Å². The number of hydrogen-bond donors (Lipinski definition) is 1. The van der Waals surface area contributed by atoms with Gasteiger partial charge in [-0.2, -0.15) is 0 Å². The molecule has 0 spiro atoms. The summed E-state index contributed by atoms with van der Waals surface area (Å²) in [5.74, 6) is 0. The van der Waals surface area contributed by atoms with Gasteiger partial charge in [-0.25, -0.2) is 0 Å². The minimum absolute atomic E-state index is 0.609. The number of hydrogen-bond acceptors (Lipinski definition) is 2. The van der Waals surface area contributed by atoms with Crippen LogP contribution in [0.1, 0.15) is 11.1 Å². The summed E-state index contributed by atoms with van der Waals surface area (Å²) in [7, 11) is 1.87. The van der Waals surface area contributed by atoms with Gasteiger partial charge in [0.1, 0.15) is 0 Å². The van der Waals surface area contributed by atoms with Crippen molar-refractivity contribution in [2.45, 2.75) is 6.54 Å². The summed E-state index contributed by atoms with van der Waals surface area (Å²) in [6, 6.07) is 7.39. The van der Waals surface area contributed by atoms with Gasteiger partial charge in [0.25, 0.3) is 0 Å². The Bertz CT molecular complexity index is 245. The van der Waals surface area contributed by atoms with E-state index in [1.807, 2.05) is 31.5 Å². The molecule has 0 aliphatic heterocycles. The van der Waals surface area contributed by atoms with Crippen molar-refractivity contribution >= 4 is 6.29 Å². The number of nitrogens with one attached hydrogen (secondary N) is 1. The van der Waals surface area contributed by atoms with Crippen molar-refractivity contribution in [3.63, 3.8) is 0 Å². The van der Waals surface area contributed by atoms with Crippen LogP contribution in [0.2, 0.25) is 0 Å². The van der Waals surface area contributed by atoms with E-state index in [0.717, 1.165) is 12.1 Å². The van der Waals surface area contributed by atoms with Gasteiger partial charge in [0.05, 0.1) is 0 Å². The highest BCUT2D eigenvalue weighted by molar-refractivity contribution is 5.75. The first-order chi connectivity index (χ1) is 5.36. The Hall–Kier alpha value is -1.15. The molecular formula is C9H10NO. The van der Waals surface area contributed by atoms with Gasteiger partial charge in [0.15, 0.2) is 0 Å². The lowest BCUT2D eigenvalue weighted by molar-refractivity contribution is 0.562. The molecule has 0 saturated heterocycles. The van der Waals surface area contributed by atoms with E-state index >= 15 is 0 Å². The van der Waals surface area contributed by atoms with E-state index in [0.29, 0.717) is 5.56 Å². The van der Waals surface area contributed by atoms with Crippen molar-refractivity contribution in [2.75, 3.05) is 7.05 Å². The second kappa shape index (κ2) is 3.88. The predicted octanol–water partition coefficient (Wildman–Crippen LogP) is 0.864. The summed E-state index contributed by atoms with van der Waals surface area (Å²) in [6.07, 6.45) is 1.85. The van der Waals surface area contributed by atoms with Crippen LogP contribution in [0.3, 0.4) is 0 Å². The summed E-state index contributed by atoms with van der Waals surface area (Å²) in [6.45, 7) is 0.787. The first kappa shape index (κ1) is 7.95. The zero-order valence-corrected chi connectivity index (χ0v) is 6.42. The Labute approximate surface area is 66.2 Å². The Morgan fingerprint density at radius 1 is 1.55 bits per heavy atom. The summed E-state index contributed by atoms with van der Waals surface area (Å²) in [4.78, 5) is 10.2. The molecule has 0 atom stereocenters. The van der Waals surface area contributed by atoms with Crippen LogP contribution in [0.4, 0.5) is 0 Å². The number of carbonyl (C=O) groups excluding carboxylic acids is 1. The van der Waals surface area contributed by atoms with Crippen molar-refractivity contribution < 1.29 is 4.79 Å². The molecule has 0 heterocycles. The Balaban J connectivity index is 2.82. The van der Waals surface area contributed by atoms with Gasteiger partial charge in [-0.15, -0.1) is 0 Å². The second-order valence-corrected chi connectivity index (χ2v) is 2.33. The highest BCUT2D eigenvalue weighted by Crippen LogP contribution is 2.01. The molecule has 1 aromatic rings. The molecule has 0 unspecified atom stereocenters. The maximum Gasteiger partial charge on any atom is 0.233 e. The largest absolute Gasteiger partial charge is 0.316 e. The van der Waals surface area contributed by atoms with Gasteiger partial charge in [-0.05, 0) is 18.7 Å². The molecule has 2 nitrogen and oxygen atoms in total. The lowest BCUT2D eigenvalue weighted by atomic mass is 10.1. The van der Waals surface area contributed by atoms with E-state index in [1.165, 1.54) is 0 Å². The van der Waals surface area contributed by atoms with Gasteiger partial charge in [-0.3, -0.25) is 4.79 Å². The molecule has 1 rings (SSSR count). The fraction of sp³-hybridized carbons (Fsp3) is 0.222. The highest BCUT2D eigenvalue weighted by atomic mass is 16.1. The standard InChI is InChI=1S/C9H10NO/c1-10-6-8-3-2-4-9(5-8)7-11/h2-5,10H,6H2,1H3. The van der Waals surface area contributed by atoms with E-state index in [9.17, 15) is 4.79 Å². The van der Waals surface area contributed by atoms with Crippen LogP contribution < -0.4 is 5.32 Å². The van der Waals surface area contributed by atoms with E-state index in [-0.39, 0.29) is 0 Å². The molecule has 2 heteroatoms. The zero-order chi connectivity index (χ0) is 8.10. The smallest absolute Gasteiger partial charge is 0.233 e. The SMILES string of the molecule is CNCc1cccc([C]=O)c1. The molecule has 1 N–H and O–H groups in total. The quantitative estimate of drug-likeness (QED) is 0.689. The molecule has 57 valence electrons. The van der Waals surface area contributed by atoms with Crippen LogP contribution >= 0.6 is 0 Å². The van der Waals surface area contributed by atoms with Gasteiger partial charge in [-0.1, -0.05) is 18.2 Å².